The van der Waals surface area contributed by atoms with Crippen molar-refractivity contribution in [1.82, 2.24) is 24.3 Å². The van der Waals surface area contributed by atoms with Gasteiger partial charge in [0, 0.05) is 19.3 Å². The van der Waals surface area contributed by atoms with Crippen molar-refractivity contribution in [3.8, 4) is 6.01 Å². The summed E-state index contributed by atoms with van der Waals surface area (Å²) in [7, 11) is 2.72. The van der Waals surface area contributed by atoms with Crippen LogP contribution in [0.3, 0.4) is 0 Å². The number of anilines is 1. The molecule has 106 valence electrons. The number of aromatic nitrogens is 5. The molecule has 0 aliphatic carbocycles. The summed E-state index contributed by atoms with van der Waals surface area (Å²) in [6.45, 7) is -0.254. The summed E-state index contributed by atoms with van der Waals surface area (Å²) in [6.07, 6.45) is 1.26. The highest BCUT2D eigenvalue weighted by Crippen LogP contribution is 2.04. The Morgan fingerprint density at radius 1 is 1.50 bits per heavy atom. The van der Waals surface area contributed by atoms with Gasteiger partial charge in [0.1, 0.15) is 6.54 Å². The second kappa shape index (κ2) is 5.38. The molecular formula is C10H12N6O4. The SMILES string of the molecule is COc1n[nH]c(NC(=O)Cn2ccc(=O)n(C)c2=O)n1. The van der Waals surface area contributed by atoms with Gasteiger partial charge < -0.3 is 4.74 Å². The molecule has 0 aliphatic heterocycles. The summed E-state index contributed by atoms with van der Waals surface area (Å²) >= 11 is 0. The predicted molar refractivity (Wildman–Crippen MR) is 67.5 cm³/mol. The van der Waals surface area contributed by atoms with Crippen molar-refractivity contribution in [2.24, 2.45) is 7.05 Å². The van der Waals surface area contributed by atoms with E-state index in [1.165, 1.54) is 26.4 Å². The van der Waals surface area contributed by atoms with Crippen LogP contribution in [0.1, 0.15) is 0 Å². The molecule has 10 heteroatoms. The Bertz CT molecular complexity index is 743. The smallest absolute Gasteiger partial charge is 0.336 e. The quantitative estimate of drug-likeness (QED) is 0.688. The second-order valence-electron chi connectivity index (χ2n) is 3.84. The van der Waals surface area contributed by atoms with Crippen LogP contribution < -0.4 is 21.3 Å². The van der Waals surface area contributed by atoms with Gasteiger partial charge in [0.2, 0.25) is 11.9 Å². The van der Waals surface area contributed by atoms with E-state index in [-0.39, 0.29) is 18.5 Å². The predicted octanol–water partition coefficient (Wildman–Crippen LogP) is -1.69. The number of nitrogens with zero attached hydrogens (tertiary/aromatic N) is 4. The lowest BCUT2D eigenvalue weighted by Crippen LogP contribution is -2.39. The van der Waals surface area contributed by atoms with E-state index in [4.69, 9.17) is 4.74 Å². The van der Waals surface area contributed by atoms with Crippen LogP contribution in [0.4, 0.5) is 5.95 Å². The fourth-order valence-corrected chi connectivity index (χ4v) is 1.46. The Balaban J connectivity index is 2.10. The van der Waals surface area contributed by atoms with Crippen molar-refractivity contribution < 1.29 is 9.53 Å². The van der Waals surface area contributed by atoms with Gasteiger partial charge in [-0.3, -0.25) is 24.0 Å². The number of methoxy groups -OCH3 is 1. The first-order chi connectivity index (χ1) is 9.51. The molecule has 1 amide bonds. The van der Waals surface area contributed by atoms with Crippen molar-refractivity contribution in [3.63, 3.8) is 0 Å². The first-order valence-electron chi connectivity index (χ1n) is 5.54. The van der Waals surface area contributed by atoms with Crippen LogP contribution in [0.2, 0.25) is 0 Å². The van der Waals surface area contributed by atoms with E-state index in [1.54, 1.807) is 0 Å². The number of ether oxygens (including phenoxy) is 1. The monoisotopic (exact) mass is 280 g/mol. The average molecular weight is 280 g/mol. The lowest BCUT2D eigenvalue weighted by molar-refractivity contribution is -0.116. The fourth-order valence-electron chi connectivity index (χ4n) is 1.46. The van der Waals surface area contributed by atoms with E-state index in [9.17, 15) is 14.4 Å². The standard InChI is InChI=1S/C10H12N6O4/c1-15-7(18)3-4-16(10(15)19)5-6(17)11-8-12-9(20-2)14-13-8/h3-4H,5H2,1-2H3,(H2,11,12,13,14,17). The van der Waals surface area contributed by atoms with E-state index < -0.39 is 17.2 Å². The second-order valence-corrected chi connectivity index (χ2v) is 3.84. The highest BCUT2D eigenvalue weighted by Gasteiger charge is 2.10. The number of carbonyl (C=O) groups excluding carboxylic acids is 1. The van der Waals surface area contributed by atoms with Crippen molar-refractivity contribution in [3.05, 3.63) is 33.1 Å². The number of hydrogen-bond donors (Lipinski definition) is 2. The minimum atomic E-state index is -0.581. The van der Waals surface area contributed by atoms with Crippen LogP contribution in [-0.2, 0) is 18.4 Å². The zero-order chi connectivity index (χ0) is 14.7. The van der Waals surface area contributed by atoms with Crippen molar-refractivity contribution in [2.75, 3.05) is 12.4 Å². The van der Waals surface area contributed by atoms with Crippen LogP contribution in [-0.4, -0.2) is 37.3 Å². The minimum absolute atomic E-state index is 0.0829. The lowest BCUT2D eigenvalue weighted by Gasteiger charge is -2.06. The van der Waals surface area contributed by atoms with Gasteiger partial charge in [0.15, 0.2) is 0 Å². The Morgan fingerprint density at radius 2 is 2.25 bits per heavy atom. The molecule has 0 saturated heterocycles. The zero-order valence-electron chi connectivity index (χ0n) is 10.8. The van der Waals surface area contributed by atoms with Gasteiger partial charge in [-0.25, -0.2) is 9.89 Å². The first kappa shape index (κ1) is 13.5. The lowest BCUT2D eigenvalue weighted by atomic mass is 10.5. The molecule has 2 aromatic rings. The van der Waals surface area contributed by atoms with E-state index in [2.05, 4.69) is 20.5 Å². The highest BCUT2D eigenvalue weighted by atomic mass is 16.5. The maximum absolute atomic E-state index is 11.7. The third kappa shape index (κ3) is 2.74. The van der Waals surface area contributed by atoms with Gasteiger partial charge in [0.05, 0.1) is 7.11 Å². The van der Waals surface area contributed by atoms with E-state index in [1.807, 2.05) is 0 Å². The molecule has 2 N–H and O–H groups in total. The largest absolute Gasteiger partial charge is 0.466 e. The van der Waals surface area contributed by atoms with Gasteiger partial charge in [-0.2, -0.15) is 4.98 Å². The maximum Gasteiger partial charge on any atom is 0.336 e. The normalized spacial score (nSPS) is 10.3. The number of aromatic amines is 1. The van der Waals surface area contributed by atoms with Crippen molar-refractivity contribution >= 4 is 11.9 Å². The van der Waals surface area contributed by atoms with Crippen molar-refractivity contribution in [1.29, 1.82) is 0 Å². The molecule has 0 bridgehead atoms. The number of rotatable bonds is 4. The van der Waals surface area contributed by atoms with Gasteiger partial charge in [-0.05, 0) is 0 Å². The molecule has 0 saturated carbocycles. The average Bonchev–Trinajstić information content (AvgIpc) is 2.87. The zero-order valence-corrected chi connectivity index (χ0v) is 10.8. The third-order valence-corrected chi connectivity index (χ3v) is 2.48. The van der Waals surface area contributed by atoms with Gasteiger partial charge in [-0.1, -0.05) is 0 Å². The van der Waals surface area contributed by atoms with Gasteiger partial charge in [-0.15, -0.1) is 5.10 Å². The van der Waals surface area contributed by atoms with E-state index >= 15 is 0 Å². The molecule has 0 atom stereocenters. The fraction of sp³-hybridized carbons (Fsp3) is 0.300. The maximum atomic E-state index is 11.7. The minimum Gasteiger partial charge on any atom is -0.466 e. The van der Waals surface area contributed by atoms with Crippen molar-refractivity contribution in [2.45, 2.75) is 6.54 Å². The van der Waals surface area contributed by atoms with Crippen LogP contribution in [0.25, 0.3) is 0 Å². The molecule has 10 nitrogen and oxygen atoms in total. The molecular weight excluding hydrogens is 268 g/mol. The molecule has 0 fully saturated rings. The summed E-state index contributed by atoms with van der Waals surface area (Å²) in [5.74, 6) is -0.394. The molecule has 20 heavy (non-hydrogen) atoms. The Labute approximate surface area is 112 Å². The number of hydrogen-bond acceptors (Lipinski definition) is 6. The first-order valence-corrected chi connectivity index (χ1v) is 5.54. The molecule has 0 radical (unpaired) electrons. The molecule has 2 heterocycles. The van der Waals surface area contributed by atoms with Crippen LogP contribution in [0.5, 0.6) is 6.01 Å². The molecule has 2 rings (SSSR count). The van der Waals surface area contributed by atoms with Gasteiger partial charge >= 0.3 is 11.7 Å². The van der Waals surface area contributed by atoms with Crippen LogP contribution in [0, 0.1) is 0 Å². The summed E-state index contributed by atoms with van der Waals surface area (Å²) in [4.78, 5) is 38.5. The third-order valence-electron chi connectivity index (χ3n) is 2.48. The number of amides is 1. The number of nitrogens with one attached hydrogen (secondary N) is 2. The summed E-state index contributed by atoms with van der Waals surface area (Å²) < 4.78 is 6.75. The van der Waals surface area contributed by atoms with Crippen LogP contribution >= 0.6 is 0 Å². The Morgan fingerprint density at radius 3 is 2.90 bits per heavy atom. The number of carbonyl (C=O) groups is 1. The summed E-state index contributed by atoms with van der Waals surface area (Å²) in [6, 6.07) is 1.28. The molecule has 0 aromatic carbocycles. The number of H-pyrrole nitrogens is 1. The Hall–Kier alpha value is -2.91. The molecule has 0 spiro atoms. The molecule has 0 aliphatic rings. The molecule has 0 unspecified atom stereocenters. The van der Waals surface area contributed by atoms with Gasteiger partial charge in [0.25, 0.3) is 5.56 Å². The summed E-state index contributed by atoms with van der Waals surface area (Å²) in [5.41, 5.74) is -1.02. The molecule has 2 aromatic heterocycles. The van der Waals surface area contributed by atoms with Crippen LogP contribution in [0.15, 0.2) is 21.9 Å². The topological polar surface area (TPSA) is 124 Å². The highest BCUT2D eigenvalue weighted by molar-refractivity contribution is 5.88. The summed E-state index contributed by atoms with van der Waals surface area (Å²) in [5, 5.41) is 8.51. The van der Waals surface area contributed by atoms with E-state index in [0.29, 0.717) is 0 Å². The van der Waals surface area contributed by atoms with E-state index in [0.717, 1.165) is 9.13 Å². The Kier molecular flexibility index (Phi) is 3.64.